The number of fused-ring (bicyclic) bond motifs is 2. The third-order valence-electron chi connectivity index (χ3n) is 6.76. The van der Waals surface area contributed by atoms with E-state index in [1.165, 1.54) is 12.0 Å². The van der Waals surface area contributed by atoms with Crippen LogP contribution in [0.4, 0.5) is 0 Å². The van der Waals surface area contributed by atoms with Crippen LogP contribution in [0.1, 0.15) is 69.3 Å². The van der Waals surface area contributed by atoms with Crippen LogP contribution >= 0.6 is 0 Å². The molecule has 2 bridgehead atoms. The van der Waals surface area contributed by atoms with Gasteiger partial charge in [-0.2, -0.15) is 0 Å². The average Bonchev–Trinajstić information content (AvgIpc) is 2.63. The number of benzene rings is 1. The van der Waals surface area contributed by atoms with Gasteiger partial charge in [0, 0.05) is 23.8 Å². The molecule has 0 radical (unpaired) electrons. The van der Waals surface area contributed by atoms with Crippen LogP contribution in [0.15, 0.2) is 30.3 Å². The van der Waals surface area contributed by atoms with E-state index in [1.807, 2.05) is 0 Å². The van der Waals surface area contributed by atoms with Crippen molar-refractivity contribution in [3.8, 4) is 0 Å². The predicted molar refractivity (Wildman–Crippen MR) is 98.1 cm³/mol. The fourth-order valence-electron chi connectivity index (χ4n) is 5.31. The number of carbonyl (C=O) groups is 2. The van der Waals surface area contributed by atoms with Crippen molar-refractivity contribution >= 4 is 11.7 Å². The minimum atomic E-state index is 0.0693. The van der Waals surface area contributed by atoms with E-state index in [1.54, 1.807) is 0 Å². The maximum absolute atomic E-state index is 12.7. The van der Waals surface area contributed by atoms with Crippen LogP contribution in [0, 0.1) is 17.8 Å². The predicted octanol–water partition coefficient (Wildman–Crippen LogP) is 4.22. The van der Waals surface area contributed by atoms with Crippen molar-refractivity contribution in [2.75, 3.05) is 0 Å². The lowest BCUT2D eigenvalue weighted by Crippen LogP contribution is -2.46. The fourth-order valence-corrected chi connectivity index (χ4v) is 5.31. The highest BCUT2D eigenvalue weighted by atomic mass is 16.2. The van der Waals surface area contributed by atoms with Crippen LogP contribution in [-0.4, -0.2) is 17.7 Å². The summed E-state index contributed by atoms with van der Waals surface area (Å²) in [6, 6.07) is 11.1. The number of ketones is 1. The molecule has 4 rings (SSSR count). The summed E-state index contributed by atoms with van der Waals surface area (Å²) in [4.78, 5) is 24.9. The van der Waals surface area contributed by atoms with Crippen LogP contribution in [0.25, 0.3) is 0 Å². The van der Waals surface area contributed by atoms with Gasteiger partial charge in [-0.05, 0) is 62.8 Å². The molecule has 3 fully saturated rings. The average molecular weight is 339 g/mol. The SMILES string of the molecule is O=C(NC1CCC(c2ccccc2)CC1)C1C[C@H]2CCC[C@@H](C1)C2=O. The maximum atomic E-state index is 12.7. The molecule has 1 N–H and O–H groups in total. The van der Waals surface area contributed by atoms with Gasteiger partial charge in [-0.25, -0.2) is 0 Å². The van der Waals surface area contributed by atoms with Crippen LogP contribution in [-0.2, 0) is 9.59 Å². The molecule has 3 aliphatic rings. The van der Waals surface area contributed by atoms with Gasteiger partial charge in [-0.15, -0.1) is 0 Å². The summed E-state index contributed by atoms with van der Waals surface area (Å²) in [7, 11) is 0. The van der Waals surface area contributed by atoms with Crippen molar-refractivity contribution in [2.45, 2.75) is 69.7 Å². The van der Waals surface area contributed by atoms with Crippen LogP contribution < -0.4 is 5.32 Å². The highest BCUT2D eigenvalue weighted by Gasteiger charge is 2.41. The molecule has 3 heteroatoms. The normalized spacial score (nSPS) is 35.2. The topological polar surface area (TPSA) is 46.2 Å². The van der Waals surface area contributed by atoms with Gasteiger partial charge in [-0.3, -0.25) is 9.59 Å². The zero-order valence-corrected chi connectivity index (χ0v) is 15.0. The molecule has 3 aliphatic carbocycles. The van der Waals surface area contributed by atoms with Gasteiger partial charge in [0.05, 0.1) is 0 Å². The lowest BCUT2D eigenvalue weighted by molar-refractivity contribution is -0.138. The molecule has 0 aliphatic heterocycles. The summed E-state index contributed by atoms with van der Waals surface area (Å²) >= 11 is 0. The number of hydrogen-bond donors (Lipinski definition) is 1. The maximum Gasteiger partial charge on any atom is 0.223 e. The lowest BCUT2D eigenvalue weighted by atomic mass is 9.67. The van der Waals surface area contributed by atoms with Gasteiger partial charge in [0.15, 0.2) is 0 Å². The molecule has 1 unspecified atom stereocenters. The zero-order valence-electron chi connectivity index (χ0n) is 15.0. The second-order valence-corrected chi connectivity index (χ2v) is 8.36. The van der Waals surface area contributed by atoms with E-state index in [0.717, 1.165) is 51.4 Å². The summed E-state index contributed by atoms with van der Waals surface area (Å²) in [6.07, 6.45) is 9.21. The molecule has 3 saturated carbocycles. The molecule has 0 heterocycles. The van der Waals surface area contributed by atoms with Gasteiger partial charge < -0.3 is 5.32 Å². The first-order valence-electron chi connectivity index (χ1n) is 10.1. The Balaban J connectivity index is 1.29. The lowest BCUT2D eigenvalue weighted by Gasteiger charge is -2.38. The summed E-state index contributed by atoms with van der Waals surface area (Å²) in [6.45, 7) is 0. The van der Waals surface area contributed by atoms with Crippen LogP contribution in [0.3, 0.4) is 0 Å². The quantitative estimate of drug-likeness (QED) is 0.896. The van der Waals surface area contributed by atoms with E-state index < -0.39 is 0 Å². The van der Waals surface area contributed by atoms with Crippen molar-refractivity contribution in [2.24, 2.45) is 17.8 Å². The van der Waals surface area contributed by atoms with E-state index in [0.29, 0.717) is 17.7 Å². The molecule has 1 aromatic carbocycles. The first-order valence-corrected chi connectivity index (χ1v) is 10.1. The van der Waals surface area contributed by atoms with Crippen molar-refractivity contribution in [1.82, 2.24) is 5.32 Å². The molecule has 25 heavy (non-hydrogen) atoms. The minimum absolute atomic E-state index is 0.0693. The van der Waals surface area contributed by atoms with Gasteiger partial charge in [0.25, 0.3) is 0 Å². The summed E-state index contributed by atoms with van der Waals surface area (Å²) < 4.78 is 0. The molecule has 0 aromatic heterocycles. The van der Waals surface area contributed by atoms with Crippen LogP contribution in [0.5, 0.6) is 0 Å². The molecule has 3 atom stereocenters. The Morgan fingerprint density at radius 2 is 1.48 bits per heavy atom. The Labute approximate surface area is 150 Å². The number of hydrogen-bond acceptors (Lipinski definition) is 2. The number of carbonyl (C=O) groups excluding carboxylic acids is 2. The number of rotatable bonds is 3. The fraction of sp³-hybridized carbons (Fsp3) is 0.636. The molecule has 3 nitrogen and oxygen atoms in total. The largest absolute Gasteiger partial charge is 0.353 e. The Bertz CT molecular complexity index is 602. The van der Waals surface area contributed by atoms with E-state index in [2.05, 4.69) is 35.6 Å². The third kappa shape index (κ3) is 3.65. The Kier molecular flexibility index (Phi) is 4.91. The van der Waals surface area contributed by atoms with Crippen molar-refractivity contribution < 1.29 is 9.59 Å². The number of Topliss-reactive ketones (excluding diaryl/α,β-unsaturated/α-hetero) is 1. The van der Waals surface area contributed by atoms with Crippen molar-refractivity contribution in [3.63, 3.8) is 0 Å². The van der Waals surface area contributed by atoms with E-state index >= 15 is 0 Å². The number of amides is 1. The van der Waals surface area contributed by atoms with Gasteiger partial charge in [-0.1, -0.05) is 36.8 Å². The Morgan fingerprint density at radius 3 is 2.12 bits per heavy atom. The van der Waals surface area contributed by atoms with Crippen molar-refractivity contribution in [3.05, 3.63) is 35.9 Å². The Morgan fingerprint density at radius 1 is 0.840 bits per heavy atom. The third-order valence-corrected chi connectivity index (χ3v) is 6.76. The summed E-state index contributed by atoms with van der Waals surface area (Å²) in [5.74, 6) is 1.70. The second kappa shape index (κ2) is 7.31. The van der Waals surface area contributed by atoms with Gasteiger partial charge in [0.2, 0.25) is 5.91 Å². The molecule has 1 amide bonds. The standard InChI is InChI=1S/C22H29NO2/c24-21-17-7-4-8-18(21)14-19(13-17)22(25)23-20-11-9-16(10-12-20)15-5-2-1-3-6-15/h1-3,5-6,16-20H,4,7-14H2,(H,23,25)/t16?,17-,18+,19?,20?. The highest BCUT2D eigenvalue weighted by Crippen LogP contribution is 2.40. The summed E-state index contributed by atoms with van der Waals surface area (Å²) in [5.41, 5.74) is 1.44. The first-order chi connectivity index (χ1) is 12.2. The monoisotopic (exact) mass is 339 g/mol. The first kappa shape index (κ1) is 16.8. The second-order valence-electron chi connectivity index (χ2n) is 8.36. The molecule has 134 valence electrons. The van der Waals surface area contributed by atoms with Crippen LogP contribution in [0.2, 0.25) is 0 Å². The highest BCUT2D eigenvalue weighted by molar-refractivity contribution is 5.88. The summed E-state index contributed by atoms with van der Waals surface area (Å²) in [5, 5.41) is 3.31. The zero-order chi connectivity index (χ0) is 17.2. The van der Waals surface area contributed by atoms with E-state index in [4.69, 9.17) is 0 Å². The molecule has 1 aromatic rings. The van der Waals surface area contributed by atoms with E-state index in [-0.39, 0.29) is 23.7 Å². The van der Waals surface area contributed by atoms with Crippen molar-refractivity contribution in [1.29, 1.82) is 0 Å². The smallest absolute Gasteiger partial charge is 0.223 e. The van der Waals surface area contributed by atoms with E-state index in [9.17, 15) is 9.59 Å². The Hall–Kier alpha value is -1.64. The minimum Gasteiger partial charge on any atom is -0.353 e. The molecule has 0 saturated heterocycles. The van der Waals surface area contributed by atoms with Gasteiger partial charge >= 0.3 is 0 Å². The number of nitrogens with one attached hydrogen (secondary N) is 1. The molecular formula is C22H29NO2. The van der Waals surface area contributed by atoms with Gasteiger partial charge in [0.1, 0.15) is 5.78 Å². The molecule has 0 spiro atoms. The molecular weight excluding hydrogens is 310 g/mol.